The van der Waals surface area contributed by atoms with E-state index >= 15 is 0 Å². The standard InChI is InChI=1S/C13H24N2O/c1-6-11-13(16)12(7-9(2)3)15(14-11)8-10(4)5/h9-10,16H,6-8H2,1-5H3. The largest absolute Gasteiger partial charge is 0.504 e. The number of rotatable bonds is 5. The number of hydrogen-bond acceptors (Lipinski definition) is 2. The Kier molecular flexibility index (Phi) is 4.39. The van der Waals surface area contributed by atoms with Crippen LogP contribution in [-0.2, 0) is 19.4 Å². The molecule has 1 N–H and O–H groups in total. The third-order valence-electron chi connectivity index (χ3n) is 2.57. The van der Waals surface area contributed by atoms with E-state index in [2.05, 4.69) is 32.8 Å². The first-order valence-electron chi connectivity index (χ1n) is 6.23. The van der Waals surface area contributed by atoms with Crippen LogP contribution in [0.3, 0.4) is 0 Å². The molecule has 3 heteroatoms. The maximum Gasteiger partial charge on any atom is 0.160 e. The van der Waals surface area contributed by atoms with Crippen molar-refractivity contribution in [2.24, 2.45) is 11.8 Å². The molecule has 1 rings (SSSR count). The van der Waals surface area contributed by atoms with Crippen LogP contribution in [0.5, 0.6) is 5.75 Å². The van der Waals surface area contributed by atoms with Crippen LogP contribution >= 0.6 is 0 Å². The van der Waals surface area contributed by atoms with E-state index in [9.17, 15) is 5.11 Å². The predicted molar refractivity (Wildman–Crippen MR) is 66.6 cm³/mol. The molecule has 0 aromatic carbocycles. The Morgan fingerprint density at radius 2 is 1.81 bits per heavy atom. The van der Waals surface area contributed by atoms with Crippen molar-refractivity contribution in [1.29, 1.82) is 0 Å². The summed E-state index contributed by atoms with van der Waals surface area (Å²) in [5.41, 5.74) is 1.83. The van der Waals surface area contributed by atoms with Gasteiger partial charge in [-0.2, -0.15) is 5.10 Å². The molecule has 3 nitrogen and oxygen atoms in total. The second kappa shape index (κ2) is 5.37. The van der Waals surface area contributed by atoms with Crippen molar-refractivity contribution in [1.82, 2.24) is 9.78 Å². The van der Waals surface area contributed by atoms with Crippen molar-refractivity contribution in [2.75, 3.05) is 0 Å². The fourth-order valence-electron chi connectivity index (χ4n) is 1.87. The highest BCUT2D eigenvalue weighted by Gasteiger charge is 2.17. The average molecular weight is 224 g/mol. The highest BCUT2D eigenvalue weighted by Crippen LogP contribution is 2.25. The highest BCUT2D eigenvalue weighted by molar-refractivity contribution is 5.32. The van der Waals surface area contributed by atoms with Gasteiger partial charge in [0.15, 0.2) is 5.75 Å². The fraction of sp³-hybridized carbons (Fsp3) is 0.769. The van der Waals surface area contributed by atoms with Gasteiger partial charge in [0.1, 0.15) is 5.69 Å². The Bertz CT molecular complexity index is 340. The zero-order valence-electron chi connectivity index (χ0n) is 11.1. The first-order valence-corrected chi connectivity index (χ1v) is 6.23. The first-order chi connectivity index (χ1) is 7.45. The Balaban J connectivity index is 3.03. The molecule has 0 aliphatic heterocycles. The molecule has 0 bridgehead atoms. The maximum absolute atomic E-state index is 10.1. The van der Waals surface area contributed by atoms with E-state index in [1.165, 1.54) is 0 Å². The Labute approximate surface area is 98.5 Å². The topological polar surface area (TPSA) is 38.0 Å². The molecule has 0 saturated carbocycles. The maximum atomic E-state index is 10.1. The summed E-state index contributed by atoms with van der Waals surface area (Å²) >= 11 is 0. The summed E-state index contributed by atoms with van der Waals surface area (Å²) in [6, 6.07) is 0. The van der Waals surface area contributed by atoms with Crippen LogP contribution in [0.4, 0.5) is 0 Å². The zero-order chi connectivity index (χ0) is 12.3. The van der Waals surface area contributed by atoms with Crippen LogP contribution in [0, 0.1) is 11.8 Å². The lowest BCUT2D eigenvalue weighted by Gasteiger charge is -2.11. The van der Waals surface area contributed by atoms with Crippen LogP contribution in [-0.4, -0.2) is 14.9 Å². The van der Waals surface area contributed by atoms with Crippen molar-refractivity contribution >= 4 is 0 Å². The van der Waals surface area contributed by atoms with Gasteiger partial charge in [-0.3, -0.25) is 4.68 Å². The van der Waals surface area contributed by atoms with E-state index in [1.807, 2.05) is 11.6 Å². The molecular formula is C13H24N2O. The van der Waals surface area contributed by atoms with Gasteiger partial charge in [-0.25, -0.2) is 0 Å². The summed E-state index contributed by atoms with van der Waals surface area (Å²) < 4.78 is 1.98. The molecule has 0 radical (unpaired) electrons. The van der Waals surface area contributed by atoms with Crippen LogP contribution in [0.25, 0.3) is 0 Å². The summed E-state index contributed by atoms with van der Waals surface area (Å²) in [6.07, 6.45) is 1.69. The molecule has 0 saturated heterocycles. The van der Waals surface area contributed by atoms with Crippen LogP contribution in [0.15, 0.2) is 0 Å². The normalized spacial score (nSPS) is 11.7. The molecule has 1 aromatic rings. The number of hydrogen-bond donors (Lipinski definition) is 1. The second-order valence-electron chi connectivity index (χ2n) is 5.27. The second-order valence-corrected chi connectivity index (χ2v) is 5.27. The van der Waals surface area contributed by atoms with Crippen molar-refractivity contribution in [3.8, 4) is 5.75 Å². The van der Waals surface area contributed by atoms with E-state index in [0.29, 0.717) is 17.6 Å². The molecule has 0 atom stereocenters. The number of aryl methyl sites for hydroxylation is 1. The lowest BCUT2D eigenvalue weighted by atomic mass is 10.1. The van der Waals surface area contributed by atoms with Crippen molar-refractivity contribution in [2.45, 2.75) is 54.0 Å². The van der Waals surface area contributed by atoms with E-state index in [4.69, 9.17) is 0 Å². The number of aromatic hydroxyl groups is 1. The van der Waals surface area contributed by atoms with Gasteiger partial charge in [0.25, 0.3) is 0 Å². The van der Waals surface area contributed by atoms with Crippen LogP contribution in [0.2, 0.25) is 0 Å². The van der Waals surface area contributed by atoms with E-state index in [1.54, 1.807) is 0 Å². The monoisotopic (exact) mass is 224 g/mol. The highest BCUT2D eigenvalue weighted by atomic mass is 16.3. The molecule has 16 heavy (non-hydrogen) atoms. The number of nitrogens with zero attached hydrogens (tertiary/aromatic N) is 2. The van der Waals surface area contributed by atoms with Gasteiger partial charge in [0.2, 0.25) is 0 Å². The van der Waals surface area contributed by atoms with Gasteiger partial charge in [-0.15, -0.1) is 0 Å². The Hall–Kier alpha value is -0.990. The van der Waals surface area contributed by atoms with Crippen molar-refractivity contribution < 1.29 is 5.11 Å². The smallest absolute Gasteiger partial charge is 0.160 e. The predicted octanol–water partition coefficient (Wildman–Crippen LogP) is 3.01. The molecular weight excluding hydrogens is 200 g/mol. The van der Waals surface area contributed by atoms with E-state index in [-0.39, 0.29) is 0 Å². The summed E-state index contributed by atoms with van der Waals surface area (Å²) in [6.45, 7) is 11.6. The average Bonchev–Trinajstić information content (AvgIpc) is 2.44. The molecule has 92 valence electrons. The van der Waals surface area contributed by atoms with Crippen LogP contribution in [0.1, 0.15) is 46.0 Å². The minimum atomic E-state index is 0.414. The molecule has 1 aromatic heterocycles. The third-order valence-corrected chi connectivity index (χ3v) is 2.57. The van der Waals surface area contributed by atoms with Gasteiger partial charge >= 0.3 is 0 Å². The zero-order valence-corrected chi connectivity index (χ0v) is 11.1. The summed E-state index contributed by atoms with van der Waals surface area (Å²) in [5, 5.41) is 14.6. The number of aromatic nitrogens is 2. The molecule has 0 spiro atoms. The molecule has 1 heterocycles. The summed E-state index contributed by atoms with van der Waals surface area (Å²) in [7, 11) is 0. The molecule has 0 unspecified atom stereocenters. The lowest BCUT2D eigenvalue weighted by Crippen LogP contribution is -2.11. The fourth-order valence-corrected chi connectivity index (χ4v) is 1.87. The Morgan fingerprint density at radius 1 is 1.19 bits per heavy atom. The van der Waals surface area contributed by atoms with Gasteiger partial charge in [-0.1, -0.05) is 34.6 Å². The molecule has 0 aliphatic rings. The Morgan fingerprint density at radius 3 is 2.25 bits per heavy atom. The third kappa shape index (κ3) is 3.00. The lowest BCUT2D eigenvalue weighted by molar-refractivity contribution is 0.432. The SMILES string of the molecule is CCc1nn(CC(C)C)c(CC(C)C)c1O. The molecule has 0 amide bonds. The van der Waals surface area contributed by atoms with Gasteiger partial charge in [0, 0.05) is 6.54 Å². The first kappa shape index (κ1) is 13.1. The minimum absolute atomic E-state index is 0.414. The van der Waals surface area contributed by atoms with Crippen molar-refractivity contribution in [3.63, 3.8) is 0 Å². The van der Waals surface area contributed by atoms with Gasteiger partial charge in [-0.05, 0) is 24.7 Å². The van der Waals surface area contributed by atoms with Gasteiger partial charge in [0.05, 0.1) is 5.69 Å². The van der Waals surface area contributed by atoms with Crippen LogP contribution < -0.4 is 0 Å². The molecule has 0 aliphatic carbocycles. The summed E-state index contributed by atoms with van der Waals surface area (Å²) in [4.78, 5) is 0. The van der Waals surface area contributed by atoms with E-state index < -0.39 is 0 Å². The van der Waals surface area contributed by atoms with Crippen molar-refractivity contribution in [3.05, 3.63) is 11.4 Å². The minimum Gasteiger partial charge on any atom is -0.504 e. The van der Waals surface area contributed by atoms with Gasteiger partial charge < -0.3 is 5.11 Å². The summed E-state index contributed by atoms with van der Waals surface area (Å²) in [5.74, 6) is 1.50. The quantitative estimate of drug-likeness (QED) is 0.835. The molecule has 0 fully saturated rings. The van der Waals surface area contributed by atoms with E-state index in [0.717, 1.165) is 30.8 Å².